The number of hydrogen-bond donors (Lipinski definition) is 1. The van der Waals surface area contributed by atoms with Crippen molar-refractivity contribution in [3.63, 3.8) is 0 Å². The lowest BCUT2D eigenvalue weighted by Crippen LogP contribution is -2.15. The molecule has 4 aromatic rings. The molecule has 4 rings (SSSR count). The Kier molecular flexibility index (Phi) is 7.66. The minimum Gasteiger partial charge on any atom is -0.485 e. The SMILES string of the molecule is C=CCn1c(COc2ccc3ccccc3c2C)nnc1SCC(=O)Nc1ccc(I)cc1. The van der Waals surface area contributed by atoms with Gasteiger partial charge in [0.15, 0.2) is 11.0 Å². The number of amides is 1. The summed E-state index contributed by atoms with van der Waals surface area (Å²) in [6.45, 7) is 6.70. The van der Waals surface area contributed by atoms with Gasteiger partial charge >= 0.3 is 0 Å². The maximum Gasteiger partial charge on any atom is 0.234 e. The van der Waals surface area contributed by atoms with Gasteiger partial charge in [-0.05, 0) is 76.2 Å². The van der Waals surface area contributed by atoms with Gasteiger partial charge in [0.2, 0.25) is 5.91 Å². The third-order valence-corrected chi connectivity index (χ3v) is 6.76. The van der Waals surface area contributed by atoms with Crippen LogP contribution in [0.3, 0.4) is 0 Å². The molecule has 3 aromatic carbocycles. The van der Waals surface area contributed by atoms with Gasteiger partial charge in [-0.3, -0.25) is 9.36 Å². The van der Waals surface area contributed by atoms with Crippen LogP contribution < -0.4 is 10.1 Å². The molecule has 8 heteroatoms. The number of halogens is 1. The highest BCUT2D eigenvalue weighted by atomic mass is 127. The zero-order valence-corrected chi connectivity index (χ0v) is 21.1. The number of carbonyl (C=O) groups is 1. The Bertz CT molecular complexity index is 1290. The largest absolute Gasteiger partial charge is 0.485 e. The van der Waals surface area contributed by atoms with Crippen LogP contribution in [0.25, 0.3) is 10.8 Å². The second-order valence-electron chi connectivity index (χ2n) is 7.34. The van der Waals surface area contributed by atoms with Crippen LogP contribution in [0.1, 0.15) is 11.4 Å². The van der Waals surface area contributed by atoms with Gasteiger partial charge in [-0.1, -0.05) is 48.2 Å². The van der Waals surface area contributed by atoms with E-state index in [2.05, 4.69) is 69.8 Å². The topological polar surface area (TPSA) is 69.0 Å². The number of fused-ring (bicyclic) bond motifs is 1. The van der Waals surface area contributed by atoms with E-state index >= 15 is 0 Å². The van der Waals surface area contributed by atoms with Crippen LogP contribution >= 0.6 is 34.4 Å². The molecule has 0 bridgehead atoms. The van der Waals surface area contributed by atoms with Crippen molar-refractivity contribution >= 4 is 56.7 Å². The molecule has 33 heavy (non-hydrogen) atoms. The van der Waals surface area contributed by atoms with Crippen molar-refractivity contribution in [2.45, 2.75) is 25.2 Å². The standard InChI is InChI=1S/C25H23IN4O2S/c1-3-14-30-23(15-32-22-13-8-18-6-4-5-7-21(18)17(22)2)28-29-25(30)33-16-24(31)27-20-11-9-19(26)10-12-20/h3-13H,1,14-16H2,2H3,(H,27,31). The summed E-state index contributed by atoms with van der Waals surface area (Å²) in [4.78, 5) is 12.4. The van der Waals surface area contributed by atoms with E-state index < -0.39 is 0 Å². The smallest absolute Gasteiger partial charge is 0.234 e. The van der Waals surface area contributed by atoms with Crippen molar-refractivity contribution in [2.75, 3.05) is 11.1 Å². The number of nitrogens with zero attached hydrogens (tertiary/aromatic N) is 3. The molecule has 0 saturated heterocycles. The number of aromatic nitrogens is 3. The van der Waals surface area contributed by atoms with Crippen LogP contribution in [0.5, 0.6) is 5.75 Å². The Morgan fingerprint density at radius 1 is 1.15 bits per heavy atom. The average molecular weight is 570 g/mol. The summed E-state index contributed by atoms with van der Waals surface area (Å²) in [5, 5.41) is 14.5. The van der Waals surface area contributed by atoms with Crippen molar-refractivity contribution in [3.05, 3.63) is 88.3 Å². The predicted octanol–water partition coefficient (Wildman–Crippen LogP) is 5.84. The molecule has 0 radical (unpaired) electrons. The number of rotatable bonds is 9. The average Bonchev–Trinajstić information content (AvgIpc) is 3.21. The molecular weight excluding hydrogens is 547 g/mol. The lowest BCUT2D eigenvalue weighted by molar-refractivity contribution is -0.113. The fourth-order valence-electron chi connectivity index (χ4n) is 3.41. The maximum absolute atomic E-state index is 12.4. The molecule has 1 amide bonds. The zero-order valence-electron chi connectivity index (χ0n) is 18.1. The van der Waals surface area contributed by atoms with E-state index in [1.54, 1.807) is 6.08 Å². The molecule has 0 aliphatic rings. The molecule has 0 aliphatic carbocycles. The van der Waals surface area contributed by atoms with E-state index in [4.69, 9.17) is 4.74 Å². The number of anilines is 1. The fraction of sp³-hybridized carbons (Fsp3) is 0.160. The summed E-state index contributed by atoms with van der Waals surface area (Å²) in [7, 11) is 0. The van der Waals surface area contributed by atoms with Crippen LogP contribution in [-0.2, 0) is 17.9 Å². The summed E-state index contributed by atoms with van der Waals surface area (Å²) in [5.74, 6) is 1.63. The fourth-order valence-corrected chi connectivity index (χ4v) is 4.54. The van der Waals surface area contributed by atoms with Gasteiger partial charge < -0.3 is 10.1 Å². The van der Waals surface area contributed by atoms with Crippen LogP contribution in [-0.4, -0.2) is 26.4 Å². The number of nitrogens with one attached hydrogen (secondary N) is 1. The quantitative estimate of drug-likeness (QED) is 0.156. The van der Waals surface area contributed by atoms with Crippen LogP contribution in [0, 0.1) is 10.5 Å². The Hall–Kier alpha value is -2.85. The predicted molar refractivity (Wildman–Crippen MR) is 142 cm³/mol. The molecule has 0 atom stereocenters. The third-order valence-electron chi connectivity index (χ3n) is 5.07. The van der Waals surface area contributed by atoms with E-state index in [1.165, 1.54) is 17.1 Å². The summed E-state index contributed by atoms with van der Waals surface area (Å²) in [6.07, 6.45) is 1.78. The van der Waals surface area contributed by atoms with Crippen molar-refractivity contribution in [3.8, 4) is 5.75 Å². The van der Waals surface area contributed by atoms with E-state index in [0.717, 1.165) is 26.0 Å². The van der Waals surface area contributed by atoms with E-state index in [0.29, 0.717) is 17.5 Å². The number of thioether (sulfide) groups is 1. The Balaban J connectivity index is 1.42. The number of allylic oxidation sites excluding steroid dienone is 1. The number of hydrogen-bond acceptors (Lipinski definition) is 5. The molecule has 0 saturated carbocycles. The van der Waals surface area contributed by atoms with Crippen molar-refractivity contribution in [1.29, 1.82) is 0 Å². The summed E-state index contributed by atoms with van der Waals surface area (Å²) in [5.41, 5.74) is 1.86. The lowest BCUT2D eigenvalue weighted by atomic mass is 10.0. The Labute approximate surface area is 210 Å². The van der Waals surface area contributed by atoms with Gasteiger partial charge in [0, 0.05) is 15.8 Å². The van der Waals surface area contributed by atoms with E-state index in [-0.39, 0.29) is 18.3 Å². The zero-order chi connectivity index (χ0) is 23.2. The van der Waals surface area contributed by atoms with Crippen molar-refractivity contribution in [1.82, 2.24) is 14.8 Å². The number of aryl methyl sites for hydroxylation is 1. The van der Waals surface area contributed by atoms with Gasteiger partial charge in [-0.25, -0.2) is 0 Å². The minimum absolute atomic E-state index is 0.0982. The third kappa shape index (κ3) is 5.75. The molecule has 1 heterocycles. The molecule has 6 nitrogen and oxygen atoms in total. The highest BCUT2D eigenvalue weighted by Crippen LogP contribution is 2.28. The summed E-state index contributed by atoms with van der Waals surface area (Å²) < 4.78 is 9.14. The number of carbonyl (C=O) groups excluding carboxylic acids is 1. The van der Waals surface area contributed by atoms with Gasteiger partial charge in [0.25, 0.3) is 0 Å². The molecule has 168 valence electrons. The summed E-state index contributed by atoms with van der Waals surface area (Å²) >= 11 is 3.57. The Morgan fingerprint density at radius 2 is 1.94 bits per heavy atom. The van der Waals surface area contributed by atoms with Gasteiger partial charge in [-0.15, -0.1) is 16.8 Å². The van der Waals surface area contributed by atoms with Gasteiger partial charge in [0.1, 0.15) is 12.4 Å². The minimum atomic E-state index is -0.0982. The maximum atomic E-state index is 12.4. The first-order valence-electron chi connectivity index (χ1n) is 10.4. The molecule has 0 fully saturated rings. The van der Waals surface area contributed by atoms with Crippen LogP contribution in [0.4, 0.5) is 5.69 Å². The number of benzene rings is 3. The molecule has 1 aromatic heterocycles. The molecule has 0 aliphatic heterocycles. The second-order valence-corrected chi connectivity index (χ2v) is 9.53. The van der Waals surface area contributed by atoms with Crippen LogP contribution in [0.15, 0.2) is 78.5 Å². The first kappa shape index (κ1) is 23.3. The highest BCUT2D eigenvalue weighted by Gasteiger charge is 2.15. The second kappa shape index (κ2) is 10.8. The lowest BCUT2D eigenvalue weighted by Gasteiger charge is -2.12. The first-order chi connectivity index (χ1) is 16.0. The molecule has 1 N–H and O–H groups in total. The van der Waals surface area contributed by atoms with E-state index in [1.807, 2.05) is 47.0 Å². The molecule has 0 unspecified atom stereocenters. The number of ether oxygens (including phenoxy) is 1. The van der Waals surface area contributed by atoms with E-state index in [9.17, 15) is 4.79 Å². The van der Waals surface area contributed by atoms with Gasteiger partial charge in [-0.2, -0.15) is 0 Å². The summed E-state index contributed by atoms with van der Waals surface area (Å²) in [6, 6.07) is 19.9. The van der Waals surface area contributed by atoms with Crippen molar-refractivity contribution < 1.29 is 9.53 Å². The molecule has 0 spiro atoms. The Morgan fingerprint density at radius 3 is 2.73 bits per heavy atom. The monoisotopic (exact) mass is 570 g/mol. The first-order valence-corrected chi connectivity index (χ1v) is 12.4. The van der Waals surface area contributed by atoms with Gasteiger partial charge in [0.05, 0.1) is 5.75 Å². The van der Waals surface area contributed by atoms with Crippen LogP contribution in [0.2, 0.25) is 0 Å². The normalized spacial score (nSPS) is 10.8. The molecular formula is C25H23IN4O2S. The highest BCUT2D eigenvalue weighted by molar-refractivity contribution is 14.1. The van der Waals surface area contributed by atoms with Crippen molar-refractivity contribution in [2.24, 2.45) is 0 Å².